The maximum Gasteiger partial charge on any atom is 0.408 e. The summed E-state index contributed by atoms with van der Waals surface area (Å²) in [5.74, 6) is 0.475. The summed E-state index contributed by atoms with van der Waals surface area (Å²) < 4.78 is 11.1. The highest BCUT2D eigenvalue weighted by Gasteiger charge is 2.29. The van der Waals surface area contributed by atoms with Gasteiger partial charge in [-0.1, -0.05) is 11.6 Å². The molecule has 1 atom stereocenters. The third-order valence-corrected chi connectivity index (χ3v) is 4.17. The fraction of sp³-hybridized carbons (Fsp3) is 0.611. The molecule has 1 aromatic heterocycles. The van der Waals surface area contributed by atoms with E-state index in [4.69, 9.17) is 21.1 Å². The van der Waals surface area contributed by atoms with Crippen molar-refractivity contribution >= 4 is 23.6 Å². The molecule has 1 aliphatic rings. The molecule has 0 unspecified atom stereocenters. The van der Waals surface area contributed by atoms with Gasteiger partial charge < -0.3 is 19.7 Å². The molecule has 0 saturated carbocycles. The summed E-state index contributed by atoms with van der Waals surface area (Å²) in [5, 5.41) is 3.06. The number of alkyl carbamates (subject to hydrolysis) is 1. The number of piperidine rings is 1. The van der Waals surface area contributed by atoms with Gasteiger partial charge in [0, 0.05) is 44.4 Å². The Hall–Kier alpha value is -2.02. The zero-order valence-electron chi connectivity index (χ0n) is 15.6. The second-order valence-electron chi connectivity index (χ2n) is 7.32. The number of carbonyl (C=O) groups excluding carboxylic acids is 2. The van der Waals surface area contributed by atoms with Crippen molar-refractivity contribution in [2.45, 2.75) is 58.3 Å². The second kappa shape index (κ2) is 8.58. The topological polar surface area (TPSA) is 80.8 Å². The van der Waals surface area contributed by atoms with E-state index in [1.807, 2.05) is 0 Å². The largest absolute Gasteiger partial charge is 0.489 e. The van der Waals surface area contributed by atoms with Crippen molar-refractivity contribution in [1.82, 2.24) is 15.2 Å². The first-order valence-corrected chi connectivity index (χ1v) is 9.08. The number of ether oxygens (including phenoxy) is 2. The summed E-state index contributed by atoms with van der Waals surface area (Å²) >= 11 is 6.05. The van der Waals surface area contributed by atoms with Gasteiger partial charge in [0.2, 0.25) is 5.91 Å². The average Bonchev–Trinajstić information content (AvgIpc) is 2.55. The van der Waals surface area contributed by atoms with Gasteiger partial charge in [0.1, 0.15) is 28.5 Å². The lowest BCUT2D eigenvalue weighted by molar-refractivity contribution is -0.134. The molecule has 1 aliphatic heterocycles. The van der Waals surface area contributed by atoms with Gasteiger partial charge in [0.15, 0.2) is 0 Å². The summed E-state index contributed by atoms with van der Waals surface area (Å²) in [6.45, 7) is 8.11. The Morgan fingerprint density at radius 2 is 2.00 bits per heavy atom. The highest BCUT2D eigenvalue weighted by molar-refractivity contribution is 6.31. The summed E-state index contributed by atoms with van der Waals surface area (Å²) in [6.07, 6.45) is 3.97. The van der Waals surface area contributed by atoms with Crippen LogP contribution in [0.4, 0.5) is 4.79 Å². The van der Waals surface area contributed by atoms with Crippen LogP contribution >= 0.6 is 11.6 Å². The third kappa shape index (κ3) is 6.05. The Labute approximate surface area is 159 Å². The molecule has 2 heterocycles. The van der Waals surface area contributed by atoms with Crippen molar-refractivity contribution in [2.24, 2.45) is 0 Å². The van der Waals surface area contributed by atoms with Gasteiger partial charge in [-0.25, -0.2) is 4.79 Å². The van der Waals surface area contributed by atoms with Crippen LogP contribution in [0.1, 0.15) is 40.5 Å². The van der Waals surface area contributed by atoms with Gasteiger partial charge in [0.25, 0.3) is 0 Å². The van der Waals surface area contributed by atoms with Crippen LogP contribution < -0.4 is 10.1 Å². The standard InChI is InChI=1S/C18H26ClN3O4/c1-12(21-17(24)26-18(2,3)4)16(23)22-9-6-13(7-10-22)25-15-5-8-20-11-14(15)19/h5,8,11-13H,6-7,9-10H2,1-4H3,(H,21,24)/t12-/m0/s1. The van der Waals surface area contributed by atoms with Gasteiger partial charge in [-0.2, -0.15) is 0 Å². The molecule has 8 heteroatoms. The van der Waals surface area contributed by atoms with Crippen molar-refractivity contribution < 1.29 is 19.1 Å². The number of aromatic nitrogens is 1. The van der Waals surface area contributed by atoms with Crippen LogP contribution in [0.15, 0.2) is 18.5 Å². The highest BCUT2D eigenvalue weighted by Crippen LogP contribution is 2.26. The average molecular weight is 384 g/mol. The van der Waals surface area contributed by atoms with E-state index in [0.717, 1.165) is 0 Å². The molecular weight excluding hydrogens is 358 g/mol. The molecule has 7 nitrogen and oxygen atoms in total. The van der Waals surface area contributed by atoms with Crippen molar-refractivity contribution in [3.05, 3.63) is 23.5 Å². The van der Waals surface area contributed by atoms with E-state index in [1.165, 1.54) is 0 Å². The first kappa shape index (κ1) is 20.3. The van der Waals surface area contributed by atoms with Gasteiger partial charge in [-0.05, 0) is 27.7 Å². The zero-order valence-corrected chi connectivity index (χ0v) is 16.4. The fourth-order valence-corrected chi connectivity index (χ4v) is 2.82. The van der Waals surface area contributed by atoms with E-state index in [2.05, 4.69) is 10.3 Å². The first-order chi connectivity index (χ1) is 12.2. The Bertz CT molecular complexity index is 640. The maximum atomic E-state index is 12.5. The number of nitrogens with one attached hydrogen (secondary N) is 1. The van der Waals surface area contributed by atoms with E-state index in [9.17, 15) is 9.59 Å². The number of amides is 2. The number of nitrogens with zero attached hydrogens (tertiary/aromatic N) is 2. The SMILES string of the molecule is C[C@H](NC(=O)OC(C)(C)C)C(=O)N1CCC(Oc2ccncc2Cl)CC1. The number of rotatable bonds is 4. The minimum Gasteiger partial charge on any atom is -0.489 e. The molecule has 1 N–H and O–H groups in total. The Morgan fingerprint density at radius 1 is 1.35 bits per heavy atom. The Kier molecular flexibility index (Phi) is 6.69. The van der Waals surface area contributed by atoms with Crippen LogP contribution in [0.25, 0.3) is 0 Å². The monoisotopic (exact) mass is 383 g/mol. The molecule has 1 fully saturated rings. The van der Waals surface area contributed by atoms with Gasteiger partial charge in [-0.3, -0.25) is 9.78 Å². The number of likely N-dealkylation sites (tertiary alicyclic amines) is 1. The molecule has 0 aromatic carbocycles. The van der Waals surface area contributed by atoms with Crippen molar-refractivity contribution in [3.8, 4) is 5.75 Å². The van der Waals surface area contributed by atoms with Gasteiger partial charge in [-0.15, -0.1) is 0 Å². The summed E-state index contributed by atoms with van der Waals surface area (Å²) in [6, 6.07) is 1.09. The lowest BCUT2D eigenvalue weighted by Gasteiger charge is -2.34. The molecule has 1 aromatic rings. The number of hydrogen-bond acceptors (Lipinski definition) is 5. The molecule has 144 valence electrons. The van der Waals surface area contributed by atoms with Crippen LogP contribution in [0.2, 0.25) is 5.02 Å². The van der Waals surface area contributed by atoms with Crippen molar-refractivity contribution in [1.29, 1.82) is 0 Å². The van der Waals surface area contributed by atoms with Crippen LogP contribution in [-0.2, 0) is 9.53 Å². The third-order valence-electron chi connectivity index (χ3n) is 3.89. The van der Waals surface area contributed by atoms with Crippen molar-refractivity contribution in [3.63, 3.8) is 0 Å². The fourth-order valence-electron chi connectivity index (χ4n) is 2.65. The molecule has 0 aliphatic carbocycles. The lowest BCUT2D eigenvalue weighted by Crippen LogP contribution is -2.51. The van der Waals surface area contributed by atoms with Crippen LogP contribution in [0.5, 0.6) is 5.75 Å². The van der Waals surface area contributed by atoms with Crippen LogP contribution in [-0.4, -0.2) is 52.7 Å². The molecule has 26 heavy (non-hydrogen) atoms. The van der Waals surface area contributed by atoms with Crippen molar-refractivity contribution in [2.75, 3.05) is 13.1 Å². The zero-order chi connectivity index (χ0) is 19.3. The molecule has 2 amide bonds. The molecule has 0 bridgehead atoms. The van der Waals surface area contributed by atoms with E-state index < -0.39 is 17.7 Å². The smallest absolute Gasteiger partial charge is 0.408 e. The molecule has 1 saturated heterocycles. The second-order valence-corrected chi connectivity index (χ2v) is 7.72. The number of hydrogen-bond donors (Lipinski definition) is 1. The number of carbonyl (C=O) groups is 2. The van der Waals surface area contributed by atoms with Gasteiger partial charge in [0.05, 0.1) is 0 Å². The minimum atomic E-state index is -0.642. The molecular formula is C18H26ClN3O4. The van der Waals surface area contributed by atoms with Gasteiger partial charge >= 0.3 is 6.09 Å². The predicted octanol–water partition coefficient (Wildman–Crippen LogP) is 3.02. The van der Waals surface area contributed by atoms with E-state index >= 15 is 0 Å². The minimum absolute atomic E-state index is 0.00642. The molecule has 0 spiro atoms. The summed E-state index contributed by atoms with van der Waals surface area (Å²) in [4.78, 5) is 30.0. The van der Waals surface area contributed by atoms with Crippen LogP contribution in [0.3, 0.4) is 0 Å². The maximum absolute atomic E-state index is 12.5. The molecule has 2 rings (SSSR count). The Balaban J connectivity index is 1.80. The molecule has 0 radical (unpaired) electrons. The number of pyridine rings is 1. The Morgan fingerprint density at radius 3 is 2.58 bits per heavy atom. The highest BCUT2D eigenvalue weighted by atomic mass is 35.5. The summed E-state index contributed by atoms with van der Waals surface area (Å²) in [7, 11) is 0. The number of halogens is 1. The quantitative estimate of drug-likeness (QED) is 0.864. The predicted molar refractivity (Wildman–Crippen MR) is 98.3 cm³/mol. The van der Waals surface area contributed by atoms with E-state index in [-0.39, 0.29) is 12.0 Å². The summed E-state index contributed by atoms with van der Waals surface area (Å²) in [5.41, 5.74) is -0.600. The normalized spacial score (nSPS) is 16.7. The van der Waals surface area contributed by atoms with E-state index in [1.54, 1.807) is 51.1 Å². The lowest BCUT2D eigenvalue weighted by atomic mass is 10.1. The van der Waals surface area contributed by atoms with Crippen LogP contribution in [0, 0.1) is 0 Å². The first-order valence-electron chi connectivity index (χ1n) is 8.70. The van der Waals surface area contributed by atoms with E-state index in [0.29, 0.717) is 36.7 Å².